The summed E-state index contributed by atoms with van der Waals surface area (Å²) < 4.78 is 5.39. The third-order valence-electron chi connectivity index (χ3n) is 4.16. The molecule has 2 heterocycles. The Morgan fingerprint density at radius 2 is 1.78 bits per heavy atom. The fraction of sp³-hybridized carbons (Fsp3) is 0.0952. The Morgan fingerprint density at radius 1 is 0.926 bits per heavy atom. The topological polar surface area (TPSA) is 72.0 Å². The van der Waals surface area contributed by atoms with Crippen LogP contribution >= 0.6 is 0 Å². The lowest BCUT2D eigenvalue weighted by atomic mass is 10.2. The van der Waals surface area contributed by atoms with Gasteiger partial charge in [0, 0.05) is 35.6 Å². The number of anilines is 3. The molecule has 0 saturated heterocycles. The van der Waals surface area contributed by atoms with Crippen molar-refractivity contribution in [3.63, 3.8) is 0 Å². The van der Waals surface area contributed by atoms with Crippen molar-refractivity contribution in [1.29, 1.82) is 0 Å². The quantitative estimate of drug-likeness (QED) is 0.533. The number of fused-ring (bicyclic) bond motifs is 1. The molecule has 0 fully saturated rings. The van der Waals surface area contributed by atoms with E-state index in [0.717, 1.165) is 33.7 Å². The molecule has 27 heavy (non-hydrogen) atoms. The van der Waals surface area contributed by atoms with Crippen molar-refractivity contribution >= 4 is 28.4 Å². The first-order valence-corrected chi connectivity index (χ1v) is 8.62. The standard InChI is InChI=1S/C21H19N5O/c1-27-19-6-3-2-5-16(19)14-24-20-10-7-15-13-17(8-9-18(15)26-20)25-21-22-11-4-12-23-21/h2-13H,14H2,1H3,(H,24,26)(H,22,23,25). The number of methoxy groups -OCH3 is 1. The van der Waals surface area contributed by atoms with Crippen molar-refractivity contribution in [2.45, 2.75) is 6.54 Å². The van der Waals surface area contributed by atoms with Crippen LogP contribution in [0.15, 0.2) is 73.1 Å². The number of rotatable bonds is 6. The van der Waals surface area contributed by atoms with Gasteiger partial charge in [0.25, 0.3) is 0 Å². The van der Waals surface area contributed by atoms with E-state index in [2.05, 4.69) is 25.6 Å². The lowest BCUT2D eigenvalue weighted by Gasteiger charge is -2.11. The van der Waals surface area contributed by atoms with Gasteiger partial charge in [0.2, 0.25) is 5.95 Å². The van der Waals surface area contributed by atoms with Crippen LogP contribution < -0.4 is 15.4 Å². The first-order chi connectivity index (χ1) is 13.3. The molecule has 2 N–H and O–H groups in total. The number of aromatic nitrogens is 3. The molecule has 0 aliphatic carbocycles. The van der Waals surface area contributed by atoms with Crippen molar-refractivity contribution in [3.05, 3.63) is 78.6 Å². The van der Waals surface area contributed by atoms with Crippen LogP contribution in [0.4, 0.5) is 17.5 Å². The normalized spacial score (nSPS) is 10.6. The summed E-state index contributed by atoms with van der Waals surface area (Å²) in [6, 6.07) is 19.7. The van der Waals surface area contributed by atoms with Gasteiger partial charge in [-0.05, 0) is 42.5 Å². The van der Waals surface area contributed by atoms with E-state index in [4.69, 9.17) is 4.74 Å². The first kappa shape index (κ1) is 16.8. The lowest BCUT2D eigenvalue weighted by Crippen LogP contribution is -2.03. The number of nitrogens with one attached hydrogen (secondary N) is 2. The molecule has 4 rings (SSSR count). The van der Waals surface area contributed by atoms with Crippen LogP contribution in [0.2, 0.25) is 0 Å². The molecule has 0 atom stereocenters. The number of para-hydroxylation sites is 1. The number of ether oxygens (including phenoxy) is 1. The van der Waals surface area contributed by atoms with Gasteiger partial charge in [-0.2, -0.15) is 0 Å². The zero-order chi connectivity index (χ0) is 18.5. The number of hydrogen-bond acceptors (Lipinski definition) is 6. The van der Waals surface area contributed by atoms with E-state index in [1.807, 2.05) is 54.6 Å². The molecule has 4 aromatic rings. The van der Waals surface area contributed by atoms with Gasteiger partial charge in [0.1, 0.15) is 11.6 Å². The van der Waals surface area contributed by atoms with E-state index < -0.39 is 0 Å². The Kier molecular flexibility index (Phi) is 4.78. The number of benzene rings is 2. The minimum absolute atomic E-state index is 0.569. The van der Waals surface area contributed by atoms with Gasteiger partial charge in [-0.25, -0.2) is 15.0 Å². The molecule has 0 amide bonds. The number of nitrogens with zero attached hydrogens (tertiary/aromatic N) is 3. The Balaban J connectivity index is 1.50. The lowest BCUT2D eigenvalue weighted by molar-refractivity contribution is 0.410. The molecule has 6 nitrogen and oxygen atoms in total. The van der Waals surface area contributed by atoms with Gasteiger partial charge in [-0.3, -0.25) is 0 Å². The summed E-state index contributed by atoms with van der Waals surface area (Å²) in [5.74, 6) is 2.25. The van der Waals surface area contributed by atoms with Crippen molar-refractivity contribution in [2.24, 2.45) is 0 Å². The summed E-state index contributed by atoms with van der Waals surface area (Å²) >= 11 is 0. The van der Waals surface area contributed by atoms with Crippen LogP contribution in [0, 0.1) is 0 Å². The Labute approximate surface area is 157 Å². The SMILES string of the molecule is COc1ccccc1CNc1ccc2cc(Nc3ncccn3)ccc2n1. The van der Waals surface area contributed by atoms with Gasteiger partial charge >= 0.3 is 0 Å². The maximum atomic E-state index is 5.39. The number of pyridine rings is 1. The summed E-state index contributed by atoms with van der Waals surface area (Å²) in [6.45, 7) is 0.646. The average Bonchev–Trinajstić information content (AvgIpc) is 2.73. The minimum Gasteiger partial charge on any atom is -0.496 e. The van der Waals surface area contributed by atoms with Crippen LogP contribution in [0.25, 0.3) is 10.9 Å². The maximum Gasteiger partial charge on any atom is 0.227 e. The molecular formula is C21H19N5O. The molecule has 0 bridgehead atoms. The molecule has 134 valence electrons. The fourth-order valence-electron chi connectivity index (χ4n) is 2.83. The third-order valence-corrected chi connectivity index (χ3v) is 4.16. The van der Waals surface area contributed by atoms with Crippen LogP contribution in [0.1, 0.15) is 5.56 Å². The Morgan fingerprint density at radius 3 is 2.63 bits per heavy atom. The van der Waals surface area contributed by atoms with Crippen LogP contribution in [0.3, 0.4) is 0 Å². The van der Waals surface area contributed by atoms with E-state index >= 15 is 0 Å². The second kappa shape index (κ2) is 7.70. The molecule has 6 heteroatoms. The molecule has 2 aromatic heterocycles. The smallest absolute Gasteiger partial charge is 0.227 e. The Hall–Kier alpha value is -3.67. The second-order valence-corrected chi connectivity index (χ2v) is 5.97. The zero-order valence-electron chi connectivity index (χ0n) is 14.9. The summed E-state index contributed by atoms with van der Waals surface area (Å²) in [5.41, 5.74) is 2.93. The predicted molar refractivity (Wildman–Crippen MR) is 107 cm³/mol. The van der Waals surface area contributed by atoms with E-state index in [1.54, 1.807) is 25.6 Å². The van der Waals surface area contributed by atoms with Gasteiger partial charge in [-0.1, -0.05) is 18.2 Å². The predicted octanol–water partition coefficient (Wildman–Crippen LogP) is 4.39. The number of hydrogen-bond donors (Lipinski definition) is 2. The molecule has 0 spiro atoms. The molecule has 0 aliphatic rings. The largest absolute Gasteiger partial charge is 0.496 e. The molecule has 0 saturated carbocycles. The van der Waals surface area contributed by atoms with E-state index in [1.165, 1.54) is 0 Å². The van der Waals surface area contributed by atoms with Crippen LogP contribution in [0.5, 0.6) is 5.75 Å². The fourth-order valence-corrected chi connectivity index (χ4v) is 2.83. The third kappa shape index (κ3) is 3.95. The summed E-state index contributed by atoms with van der Waals surface area (Å²) in [6.07, 6.45) is 3.41. The van der Waals surface area contributed by atoms with Crippen molar-refractivity contribution in [3.8, 4) is 5.75 Å². The van der Waals surface area contributed by atoms with Gasteiger partial charge < -0.3 is 15.4 Å². The highest BCUT2D eigenvalue weighted by Gasteiger charge is 2.04. The first-order valence-electron chi connectivity index (χ1n) is 8.62. The summed E-state index contributed by atoms with van der Waals surface area (Å²) in [4.78, 5) is 13.0. The second-order valence-electron chi connectivity index (χ2n) is 5.97. The van der Waals surface area contributed by atoms with Crippen molar-refractivity contribution < 1.29 is 4.74 Å². The van der Waals surface area contributed by atoms with Crippen molar-refractivity contribution in [2.75, 3.05) is 17.7 Å². The highest BCUT2D eigenvalue weighted by molar-refractivity contribution is 5.84. The van der Waals surface area contributed by atoms with Crippen molar-refractivity contribution in [1.82, 2.24) is 15.0 Å². The average molecular weight is 357 g/mol. The highest BCUT2D eigenvalue weighted by Crippen LogP contribution is 2.23. The van der Waals surface area contributed by atoms with Gasteiger partial charge in [0.15, 0.2) is 0 Å². The van der Waals surface area contributed by atoms with Crippen LogP contribution in [-0.4, -0.2) is 22.1 Å². The molecule has 0 aliphatic heterocycles. The maximum absolute atomic E-state index is 5.39. The van der Waals surface area contributed by atoms with E-state index in [-0.39, 0.29) is 0 Å². The van der Waals surface area contributed by atoms with Crippen LogP contribution in [-0.2, 0) is 6.54 Å². The summed E-state index contributed by atoms with van der Waals surface area (Å²) in [5, 5.41) is 7.59. The molecule has 2 aromatic carbocycles. The molecular weight excluding hydrogens is 338 g/mol. The van der Waals surface area contributed by atoms with Gasteiger partial charge in [0.05, 0.1) is 12.6 Å². The monoisotopic (exact) mass is 357 g/mol. The van der Waals surface area contributed by atoms with E-state index in [0.29, 0.717) is 12.5 Å². The molecule has 0 unspecified atom stereocenters. The van der Waals surface area contributed by atoms with E-state index in [9.17, 15) is 0 Å². The van der Waals surface area contributed by atoms with Gasteiger partial charge in [-0.15, -0.1) is 0 Å². The summed E-state index contributed by atoms with van der Waals surface area (Å²) in [7, 11) is 1.68. The zero-order valence-corrected chi connectivity index (χ0v) is 14.9. The Bertz CT molecular complexity index is 1050. The molecule has 0 radical (unpaired) electrons. The highest BCUT2D eigenvalue weighted by atomic mass is 16.5. The minimum atomic E-state index is 0.569.